The first-order chi connectivity index (χ1) is 10.7. The Morgan fingerprint density at radius 3 is 2.17 bits per heavy atom. The number of benzene rings is 1. The molecule has 6 heteroatoms. The van der Waals surface area contributed by atoms with Gasteiger partial charge < -0.3 is 13.9 Å². The summed E-state index contributed by atoms with van der Waals surface area (Å²) in [6.07, 6.45) is 3.62. The number of hydrogen-bond donors (Lipinski definition) is 0. The molecular weight excluding hydrogens is 291 g/mol. The van der Waals surface area contributed by atoms with Gasteiger partial charge in [0.1, 0.15) is 0 Å². The molecule has 1 fully saturated rings. The van der Waals surface area contributed by atoms with Gasteiger partial charge in [0, 0.05) is 17.4 Å². The molecule has 3 rings (SSSR count). The highest BCUT2D eigenvalue weighted by atomic mass is 16.7. The third-order valence-corrected chi connectivity index (χ3v) is 4.67. The van der Waals surface area contributed by atoms with E-state index in [4.69, 9.17) is 9.31 Å². The van der Waals surface area contributed by atoms with Crippen LogP contribution in [0.3, 0.4) is 0 Å². The Kier molecular flexibility index (Phi) is 3.69. The monoisotopic (exact) mass is 312 g/mol. The van der Waals surface area contributed by atoms with Crippen LogP contribution in [-0.2, 0) is 9.31 Å². The summed E-state index contributed by atoms with van der Waals surface area (Å²) >= 11 is 0. The van der Waals surface area contributed by atoms with Crippen molar-refractivity contribution in [3.63, 3.8) is 0 Å². The van der Waals surface area contributed by atoms with Crippen molar-refractivity contribution in [1.29, 1.82) is 0 Å². The van der Waals surface area contributed by atoms with Gasteiger partial charge in [-0.25, -0.2) is 4.98 Å². The Morgan fingerprint density at radius 1 is 1.09 bits per heavy atom. The zero-order valence-corrected chi connectivity index (χ0v) is 14.2. The molecule has 1 aliphatic rings. The SMILES string of the molecule is CC(=O)c1ccc(-n2cnc(B3OC(C)(C)C(C)(C)O3)c2)cc1. The van der Waals surface area contributed by atoms with Crippen molar-refractivity contribution in [1.82, 2.24) is 9.55 Å². The predicted molar refractivity (Wildman–Crippen MR) is 89.3 cm³/mol. The predicted octanol–water partition coefficient (Wildman–Crippen LogP) is 2.37. The van der Waals surface area contributed by atoms with E-state index in [2.05, 4.69) is 4.98 Å². The lowest BCUT2D eigenvalue weighted by Gasteiger charge is -2.32. The quantitative estimate of drug-likeness (QED) is 0.645. The van der Waals surface area contributed by atoms with Gasteiger partial charge >= 0.3 is 7.12 Å². The molecule has 0 atom stereocenters. The highest BCUT2D eigenvalue weighted by Gasteiger charge is 2.52. The minimum absolute atomic E-state index is 0.0556. The van der Waals surface area contributed by atoms with Gasteiger partial charge in [0.05, 0.1) is 23.1 Å². The summed E-state index contributed by atoms with van der Waals surface area (Å²) < 4.78 is 13.9. The number of aromatic nitrogens is 2. The molecule has 2 heterocycles. The molecular formula is C17H21BN2O3. The maximum atomic E-state index is 11.3. The van der Waals surface area contributed by atoms with Crippen LogP contribution in [0.25, 0.3) is 5.69 Å². The van der Waals surface area contributed by atoms with E-state index in [1.165, 1.54) is 0 Å². The molecule has 1 aromatic heterocycles. The summed E-state index contributed by atoms with van der Waals surface area (Å²) in [5.74, 6) is 0.0556. The third kappa shape index (κ3) is 2.84. The zero-order chi connectivity index (χ0) is 16.8. The van der Waals surface area contributed by atoms with E-state index < -0.39 is 7.12 Å². The summed E-state index contributed by atoms with van der Waals surface area (Å²) in [6, 6.07) is 7.41. The second kappa shape index (κ2) is 5.32. The lowest BCUT2D eigenvalue weighted by Crippen LogP contribution is -2.41. The van der Waals surface area contributed by atoms with Crippen LogP contribution in [0.5, 0.6) is 0 Å². The molecule has 0 amide bonds. The van der Waals surface area contributed by atoms with E-state index in [0.29, 0.717) is 5.56 Å². The largest absolute Gasteiger partial charge is 0.516 e. The molecule has 5 nitrogen and oxygen atoms in total. The summed E-state index contributed by atoms with van der Waals surface area (Å²) in [7, 11) is -0.474. The van der Waals surface area contributed by atoms with Crippen molar-refractivity contribution in [2.75, 3.05) is 0 Å². The number of nitrogens with zero attached hydrogens (tertiary/aromatic N) is 2. The van der Waals surface area contributed by atoms with Crippen LogP contribution in [0.1, 0.15) is 45.0 Å². The van der Waals surface area contributed by atoms with Crippen LogP contribution >= 0.6 is 0 Å². The average Bonchev–Trinajstić information content (AvgIpc) is 3.02. The molecule has 2 aromatic rings. The van der Waals surface area contributed by atoms with Crippen LogP contribution in [0.4, 0.5) is 0 Å². The van der Waals surface area contributed by atoms with Crippen LogP contribution in [0.15, 0.2) is 36.8 Å². The molecule has 1 aliphatic heterocycles. The smallest absolute Gasteiger partial charge is 0.398 e. The number of carbonyl (C=O) groups is 1. The van der Waals surface area contributed by atoms with Gasteiger partial charge in [0.25, 0.3) is 0 Å². The minimum atomic E-state index is -0.474. The van der Waals surface area contributed by atoms with Crippen LogP contribution in [0.2, 0.25) is 0 Å². The summed E-state index contributed by atoms with van der Waals surface area (Å²) in [4.78, 5) is 15.8. The number of rotatable bonds is 3. The average molecular weight is 312 g/mol. The number of carbonyl (C=O) groups excluding carboxylic acids is 1. The molecule has 0 aliphatic carbocycles. The molecule has 0 spiro atoms. The zero-order valence-electron chi connectivity index (χ0n) is 14.2. The first-order valence-electron chi connectivity index (χ1n) is 7.70. The van der Waals surface area contributed by atoms with Gasteiger partial charge in [-0.05, 0) is 58.9 Å². The Morgan fingerprint density at radius 2 is 1.65 bits per heavy atom. The van der Waals surface area contributed by atoms with Gasteiger partial charge in [-0.15, -0.1) is 0 Å². The van der Waals surface area contributed by atoms with Gasteiger partial charge in [-0.3, -0.25) is 4.79 Å². The molecule has 0 unspecified atom stereocenters. The molecule has 0 saturated carbocycles. The van der Waals surface area contributed by atoms with Crippen molar-refractivity contribution < 1.29 is 14.1 Å². The lowest BCUT2D eigenvalue weighted by molar-refractivity contribution is 0.00578. The van der Waals surface area contributed by atoms with Crippen molar-refractivity contribution in [2.24, 2.45) is 0 Å². The lowest BCUT2D eigenvalue weighted by atomic mass is 9.86. The Bertz CT molecular complexity index is 719. The van der Waals surface area contributed by atoms with Crippen LogP contribution in [0, 0.1) is 0 Å². The van der Waals surface area contributed by atoms with Gasteiger partial charge in [0.2, 0.25) is 0 Å². The Labute approximate surface area is 136 Å². The van der Waals surface area contributed by atoms with Crippen molar-refractivity contribution in [2.45, 2.75) is 45.8 Å². The fourth-order valence-electron chi connectivity index (χ4n) is 2.43. The maximum absolute atomic E-state index is 11.3. The molecule has 23 heavy (non-hydrogen) atoms. The highest BCUT2D eigenvalue weighted by Crippen LogP contribution is 2.36. The van der Waals surface area contributed by atoms with Gasteiger partial charge in [-0.1, -0.05) is 0 Å². The first-order valence-corrected chi connectivity index (χ1v) is 7.70. The van der Waals surface area contributed by atoms with E-state index in [1.807, 2.05) is 62.7 Å². The normalized spacial score (nSPS) is 19.1. The van der Waals surface area contributed by atoms with Gasteiger partial charge in [0.15, 0.2) is 5.78 Å². The van der Waals surface area contributed by atoms with Crippen molar-refractivity contribution >= 4 is 18.5 Å². The summed E-state index contributed by atoms with van der Waals surface area (Å²) in [5, 5.41) is 0. The van der Waals surface area contributed by atoms with E-state index in [0.717, 1.165) is 11.3 Å². The Hall–Kier alpha value is -1.92. The number of ketones is 1. The fraction of sp³-hybridized carbons (Fsp3) is 0.412. The van der Waals surface area contributed by atoms with E-state index in [1.54, 1.807) is 13.3 Å². The molecule has 120 valence electrons. The van der Waals surface area contributed by atoms with Gasteiger partial charge in [-0.2, -0.15) is 0 Å². The molecule has 1 saturated heterocycles. The van der Waals surface area contributed by atoms with E-state index in [9.17, 15) is 4.79 Å². The standard InChI is InChI=1S/C17H21BN2O3/c1-12(21)13-6-8-14(9-7-13)20-10-15(19-11-20)18-22-16(2,3)17(4,5)23-18/h6-11H,1-5H3. The molecule has 0 N–H and O–H groups in total. The topological polar surface area (TPSA) is 53.4 Å². The molecule has 1 aromatic carbocycles. The van der Waals surface area contributed by atoms with Crippen LogP contribution in [-0.4, -0.2) is 33.7 Å². The van der Waals surface area contributed by atoms with Crippen molar-refractivity contribution in [3.05, 3.63) is 42.4 Å². The third-order valence-electron chi connectivity index (χ3n) is 4.67. The molecule has 0 radical (unpaired) electrons. The number of Topliss-reactive ketones (excluding diaryl/α,β-unsaturated/α-hetero) is 1. The van der Waals surface area contributed by atoms with Crippen LogP contribution < -0.4 is 5.59 Å². The first kappa shape index (κ1) is 16.0. The highest BCUT2D eigenvalue weighted by molar-refractivity contribution is 6.61. The number of hydrogen-bond acceptors (Lipinski definition) is 4. The molecule has 0 bridgehead atoms. The summed E-state index contributed by atoms with van der Waals surface area (Å²) in [5.41, 5.74) is 1.60. The van der Waals surface area contributed by atoms with E-state index >= 15 is 0 Å². The number of imidazole rings is 1. The second-order valence-electron chi connectivity index (χ2n) is 6.90. The second-order valence-corrected chi connectivity index (χ2v) is 6.90. The maximum Gasteiger partial charge on any atom is 0.516 e. The van der Waals surface area contributed by atoms with Crippen molar-refractivity contribution in [3.8, 4) is 5.69 Å². The minimum Gasteiger partial charge on any atom is -0.398 e. The van der Waals surface area contributed by atoms with E-state index in [-0.39, 0.29) is 17.0 Å². The Balaban J connectivity index is 1.83. The summed E-state index contributed by atoms with van der Waals surface area (Å²) in [6.45, 7) is 9.63. The fourth-order valence-corrected chi connectivity index (χ4v) is 2.43.